The topological polar surface area (TPSA) is 61.4 Å². The van der Waals surface area contributed by atoms with Crippen LogP contribution in [-0.2, 0) is 4.79 Å². The van der Waals surface area contributed by atoms with Crippen LogP contribution in [0.2, 0.25) is 0 Å². The van der Waals surface area contributed by atoms with Crippen molar-refractivity contribution in [3.63, 3.8) is 0 Å². The fourth-order valence-electron chi connectivity index (χ4n) is 3.34. The molecule has 2 unspecified atom stereocenters. The molecule has 3 rings (SSSR count). The minimum absolute atomic E-state index is 0.00224. The predicted molar refractivity (Wildman–Crippen MR) is 103 cm³/mol. The molecule has 0 radical (unpaired) electrons. The van der Waals surface area contributed by atoms with Crippen LogP contribution in [0.25, 0.3) is 0 Å². The SMILES string of the molecule is Cc1cccc(NC(=O)NC2CC(=O)N(C(C)c3ccccc3)C2)c1C. The molecule has 3 amide bonds. The summed E-state index contributed by atoms with van der Waals surface area (Å²) < 4.78 is 0. The third-order valence-corrected chi connectivity index (χ3v) is 5.10. The Bertz CT molecular complexity index is 804. The molecule has 5 nitrogen and oxygen atoms in total. The van der Waals surface area contributed by atoms with Gasteiger partial charge in [0.05, 0.1) is 12.1 Å². The van der Waals surface area contributed by atoms with Gasteiger partial charge in [-0.1, -0.05) is 42.5 Å². The predicted octanol–water partition coefficient (Wildman–Crippen LogP) is 3.79. The van der Waals surface area contributed by atoms with Crippen molar-refractivity contribution in [1.82, 2.24) is 10.2 Å². The van der Waals surface area contributed by atoms with Crippen LogP contribution in [0.15, 0.2) is 48.5 Å². The molecule has 1 fully saturated rings. The Morgan fingerprint density at radius 3 is 2.58 bits per heavy atom. The molecule has 5 heteroatoms. The first-order valence-corrected chi connectivity index (χ1v) is 8.94. The monoisotopic (exact) mass is 351 g/mol. The Morgan fingerprint density at radius 2 is 1.85 bits per heavy atom. The minimum Gasteiger partial charge on any atom is -0.334 e. The third-order valence-electron chi connectivity index (χ3n) is 5.10. The molecular formula is C21H25N3O2. The summed E-state index contributed by atoms with van der Waals surface area (Å²) >= 11 is 0. The van der Waals surface area contributed by atoms with Gasteiger partial charge in [-0.25, -0.2) is 4.79 Å². The zero-order valence-corrected chi connectivity index (χ0v) is 15.5. The van der Waals surface area contributed by atoms with Gasteiger partial charge in [0, 0.05) is 18.7 Å². The lowest BCUT2D eigenvalue weighted by Crippen LogP contribution is -2.40. The number of anilines is 1. The fraction of sp³-hybridized carbons (Fsp3) is 0.333. The molecule has 2 aromatic carbocycles. The summed E-state index contributed by atoms with van der Waals surface area (Å²) in [5.41, 5.74) is 4.06. The van der Waals surface area contributed by atoms with Gasteiger partial charge in [0.25, 0.3) is 0 Å². The lowest BCUT2D eigenvalue weighted by Gasteiger charge is -2.25. The van der Waals surface area contributed by atoms with Gasteiger partial charge in [-0.3, -0.25) is 4.79 Å². The zero-order valence-electron chi connectivity index (χ0n) is 15.5. The molecule has 0 spiro atoms. The zero-order chi connectivity index (χ0) is 18.7. The maximum Gasteiger partial charge on any atom is 0.319 e. The highest BCUT2D eigenvalue weighted by Gasteiger charge is 2.33. The quantitative estimate of drug-likeness (QED) is 0.880. The number of urea groups is 1. The second kappa shape index (κ2) is 7.60. The lowest BCUT2D eigenvalue weighted by atomic mass is 10.1. The Kier molecular flexibility index (Phi) is 5.26. The summed E-state index contributed by atoms with van der Waals surface area (Å²) in [5.74, 6) is 0.0680. The van der Waals surface area contributed by atoms with Gasteiger partial charge >= 0.3 is 6.03 Å². The van der Waals surface area contributed by atoms with E-state index in [0.29, 0.717) is 13.0 Å². The number of carbonyl (C=O) groups excluding carboxylic acids is 2. The number of rotatable bonds is 4. The van der Waals surface area contributed by atoms with Crippen molar-refractivity contribution in [2.75, 3.05) is 11.9 Å². The maximum atomic E-state index is 12.4. The van der Waals surface area contributed by atoms with Gasteiger partial charge in [0.2, 0.25) is 5.91 Å². The standard InChI is InChI=1S/C21H25N3O2/c1-14-8-7-11-19(15(14)2)23-21(26)22-18-12-20(25)24(13-18)16(3)17-9-5-4-6-10-17/h4-11,16,18H,12-13H2,1-3H3,(H2,22,23,26). The number of nitrogens with one attached hydrogen (secondary N) is 2. The molecule has 1 aliphatic rings. The van der Waals surface area contributed by atoms with Crippen LogP contribution in [-0.4, -0.2) is 29.4 Å². The number of aryl methyl sites for hydroxylation is 1. The number of hydrogen-bond acceptors (Lipinski definition) is 2. The summed E-state index contributed by atoms with van der Waals surface area (Å²) in [6, 6.07) is 15.3. The molecule has 0 aliphatic carbocycles. The summed E-state index contributed by atoms with van der Waals surface area (Å²) in [5, 5.41) is 5.82. The van der Waals surface area contributed by atoms with Crippen molar-refractivity contribution >= 4 is 17.6 Å². The minimum atomic E-state index is -0.272. The van der Waals surface area contributed by atoms with Crippen LogP contribution >= 0.6 is 0 Å². The van der Waals surface area contributed by atoms with Crippen LogP contribution < -0.4 is 10.6 Å². The van der Waals surface area contributed by atoms with E-state index in [9.17, 15) is 9.59 Å². The Morgan fingerprint density at radius 1 is 1.12 bits per heavy atom. The van der Waals surface area contributed by atoms with Crippen LogP contribution in [0.1, 0.15) is 36.1 Å². The molecule has 0 aromatic heterocycles. The molecule has 2 N–H and O–H groups in total. The van der Waals surface area contributed by atoms with E-state index in [4.69, 9.17) is 0 Å². The lowest BCUT2D eigenvalue weighted by molar-refractivity contribution is -0.129. The number of nitrogens with zero attached hydrogens (tertiary/aromatic N) is 1. The first-order valence-electron chi connectivity index (χ1n) is 8.94. The fourth-order valence-corrected chi connectivity index (χ4v) is 3.34. The second-order valence-corrected chi connectivity index (χ2v) is 6.88. The van der Waals surface area contributed by atoms with Crippen LogP contribution in [0, 0.1) is 13.8 Å². The maximum absolute atomic E-state index is 12.4. The van der Waals surface area contributed by atoms with Gasteiger partial charge in [-0.05, 0) is 43.5 Å². The molecule has 1 saturated heterocycles. The first-order chi connectivity index (χ1) is 12.5. The van der Waals surface area contributed by atoms with E-state index in [1.807, 2.05) is 74.2 Å². The Hall–Kier alpha value is -2.82. The van der Waals surface area contributed by atoms with Gasteiger partial charge in [-0.2, -0.15) is 0 Å². The van der Waals surface area contributed by atoms with Gasteiger partial charge < -0.3 is 15.5 Å². The van der Waals surface area contributed by atoms with E-state index in [-0.39, 0.29) is 24.0 Å². The van der Waals surface area contributed by atoms with Gasteiger partial charge in [0.15, 0.2) is 0 Å². The number of amides is 3. The van der Waals surface area contributed by atoms with Crippen molar-refractivity contribution in [3.05, 3.63) is 65.2 Å². The highest BCUT2D eigenvalue weighted by molar-refractivity contribution is 5.91. The molecule has 0 bridgehead atoms. The highest BCUT2D eigenvalue weighted by atomic mass is 16.2. The largest absolute Gasteiger partial charge is 0.334 e. The summed E-state index contributed by atoms with van der Waals surface area (Å²) in [7, 11) is 0. The van der Waals surface area contributed by atoms with Crippen LogP contribution in [0.4, 0.5) is 10.5 Å². The van der Waals surface area contributed by atoms with E-state index >= 15 is 0 Å². The smallest absolute Gasteiger partial charge is 0.319 e. The van der Waals surface area contributed by atoms with E-state index in [1.165, 1.54) is 0 Å². The molecule has 1 aliphatic heterocycles. The van der Waals surface area contributed by atoms with Crippen molar-refractivity contribution in [2.24, 2.45) is 0 Å². The van der Waals surface area contributed by atoms with Gasteiger partial charge in [0.1, 0.15) is 0 Å². The molecular weight excluding hydrogens is 326 g/mol. The van der Waals surface area contributed by atoms with Crippen molar-refractivity contribution in [3.8, 4) is 0 Å². The number of hydrogen-bond donors (Lipinski definition) is 2. The first kappa shape index (κ1) is 18.0. The normalized spacial score (nSPS) is 17.9. The highest BCUT2D eigenvalue weighted by Crippen LogP contribution is 2.25. The molecule has 136 valence electrons. The average Bonchev–Trinajstić information content (AvgIpc) is 2.99. The third kappa shape index (κ3) is 3.87. The number of likely N-dealkylation sites (tertiary alicyclic amines) is 1. The second-order valence-electron chi connectivity index (χ2n) is 6.88. The average molecular weight is 351 g/mol. The molecule has 0 saturated carbocycles. The van der Waals surface area contributed by atoms with E-state index in [0.717, 1.165) is 22.4 Å². The van der Waals surface area contributed by atoms with E-state index in [2.05, 4.69) is 10.6 Å². The molecule has 26 heavy (non-hydrogen) atoms. The molecule has 2 aromatic rings. The van der Waals surface area contributed by atoms with Crippen LogP contribution in [0.3, 0.4) is 0 Å². The summed E-state index contributed by atoms with van der Waals surface area (Å²) in [6.45, 7) is 6.53. The Labute approximate surface area is 154 Å². The Balaban J connectivity index is 1.60. The van der Waals surface area contributed by atoms with Crippen molar-refractivity contribution in [1.29, 1.82) is 0 Å². The summed E-state index contributed by atoms with van der Waals surface area (Å²) in [6.07, 6.45) is 0.331. The van der Waals surface area contributed by atoms with Crippen LogP contribution in [0.5, 0.6) is 0 Å². The van der Waals surface area contributed by atoms with E-state index in [1.54, 1.807) is 0 Å². The summed E-state index contributed by atoms with van der Waals surface area (Å²) in [4.78, 5) is 26.6. The van der Waals surface area contributed by atoms with Crippen molar-refractivity contribution in [2.45, 2.75) is 39.3 Å². The van der Waals surface area contributed by atoms with Gasteiger partial charge in [-0.15, -0.1) is 0 Å². The number of benzene rings is 2. The van der Waals surface area contributed by atoms with E-state index < -0.39 is 0 Å². The number of carbonyl (C=O) groups is 2. The van der Waals surface area contributed by atoms with Crippen molar-refractivity contribution < 1.29 is 9.59 Å². The molecule has 1 heterocycles. The molecule has 2 atom stereocenters.